The highest BCUT2D eigenvalue weighted by atomic mass is 16.3. The first-order chi connectivity index (χ1) is 24.3. The zero-order valence-corrected chi connectivity index (χ0v) is 26.3. The molecular weight excluding hydrogens is 599 g/mol. The molecule has 10 rings (SSSR count). The summed E-state index contributed by atoms with van der Waals surface area (Å²) in [4.78, 5) is 15.1. The van der Waals surface area contributed by atoms with Crippen LogP contribution in [0.15, 0.2) is 168 Å². The van der Waals surface area contributed by atoms with Crippen LogP contribution in [0.4, 0.5) is 0 Å². The molecule has 49 heavy (non-hydrogen) atoms. The van der Waals surface area contributed by atoms with Gasteiger partial charge in [0.05, 0.1) is 0 Å². The van der Waals surface area contributed by atoms with Crippen molar-refractivity contribution in [2.45, 2.75) is 0 Å². The van der Waals surface area contributed by atoms with Gasteiger partial charge in [-0.05, 0) is 62.3 Å². The Balaban J connectivity index is 1.19. The minimum Gasteiger partial charge on any atom is -0.456 e. The summed E-state index contributed by atoms with van der Waals surface area (Å²) in [5, 5.41) is 9.40. The Morgan fingerprint density at radius 1 is 0.286 bits per heavy atom. The van der Waals surface area contributed by atoms with E-state index in [9.17, 15) is 0 Å². The summed E-state index contributed by atoms with van der Waals surface area (Å²) in [6.07, 6.45) is 0. The largest absolute Gasteiger partial charge is 0.456 e. The van der Waals surface area contributed by atoms with Crippen LogP contribution in [-0.4, -0.2) is 15.0 Å². The van der Waals surface area contributed by atoms with E-state index < -0.39 is 0 Å². The molecule has 0 spiro atoms. The Morgan fingerprint density at radius 2 is 0.755 bits per heavy atom. The zero-order valence-electron chi connectivity index (χ0n) is 26.3. The number of para-hydroxylation sites is 1. The minimum atomic E-state index is 0.637. The van der Waals surface area contributed by atoms with Crippen molar-refractivity contribution in [3.8, 4) is 45.3 Å². The van der Waals surface area contributed by atoms with Gasteiger partial charge in [0.1, 0.15) is 11.2 Å². The fourth-order valence-electron chi connectivity index (χ4n) is 7.19. The molecule has 8 aromatic carbocycles. The lowest BCUT2D eigenvalue weighted by Gasteiger charge is -2.13. The molecule has 4 heteroatoms. The molecule has 0 atom stereocenters. The molecule has 0 radical (unpaired) electrons. The molecule has 0 saturated heterocycles. The summed E-state index contributed by atoms with van der Waals surface area (Å²) in [7, 11) is 0. The Labute approximate surface area is 282 Å². The molecule has 2 heterocycles. The molecule has 10 aromatic rings. The maximum absolute atomic E-state index is 6.30. The van der Waals surface area contributed by atoms with E-state index in [4.69, 9.17) is 19.4 Å². The van der Waals surface area contributed by atoms with Crippen LogP contribution in [0.25, 0.3) is 99.5 Å². The van der Waals surface area contributed by atoms with E-state index >= 15 is 0 Å². The Morgan fingerprint density at radius 3 is 1.49 bits per heavy atom. The van der Waals surface area contributed by atoms with Crippen LogP contribution < -0.4 is 0 Å². The Bertz CT molecular complexity index is 2840. The lowest BCUT2D eigenvalue weighted by Crippen LogP contribution is -2.00. The Hall–Kier alpha value is -6.65. The molecule has 0 unspecified atom stereocenters. The van der Waals surface area contributed by atoms with Gasteiger partial charge in [0.2, 0.25) is 0 Å². The van der Waals surface area contributed by atoms with Gasteiger partial charge in [0, 0.05) is 32.8 Å². The van der Waals surface area contributed by atoms with Crippen LogP contribution in [0.5, 0.6) is 0 Å². The lowest BCUT2D eigenvalue weighted by molar-refractivity contribution is 0.669. The van der Waals surface area contributed by atoms with Crippen molar-refractivity contribution in [2.24, 2.45) is 0 Å². The van der Waals surface area contributed by atoms with E-state index in [-0.39, 0.29) is 0 Å². The fourth-order valence-corrected chi connectivity index (χ4v) is 7.19. The predicted octanol–water partition coefficient (Wildman–Crippen LogP) is 11.9. The lowest BCUT2D eigenvalue weighted by atomic mass is 9.91. The highest BCUT2D eigenvalue weighted by Gasteiger charge is 2.18. The molecule has 228 valence electrons. The van der Waals surface area contributed by atoms with Gasteiger partial charge in [-0.2, -0.15) is 0 Å². The number of fused-ring (bicyclic) bond motifs is 10. The van der Waals surface area contributed by atoms with Gasteiger partial charge in [-0.3, -0.25) is 0 Å². The van der Waals surface area contributed by atoms with E-state index in [0.717, 1.165) is 49.6 Å². The summed E-state index contributed by atoms with van der Waals surface area (Å²) < 4.78 is 6.30. The third-order valence-electron chi connectivity index (χ3n) is 9.52. The number of rotatable bonds is 4. The minimum absolute atomic E-state index is 0.637. The standard InChI is InChI=1S/C45H27N3O/c1-3-11-28(12-4-1)29-19-21-31(22-20-29)44-46-43(30-13-5-2-6-14-30)47-45(48-44)32-23-24-34-36-25-26-40-42(37-17-9-10-18-39(37)49-40)41(36)35-16-8-7-15-33(35)38(34)27-32/h1-27H. The highest BCUT2D eigenvalue weighted by molar-refractivity contribution is 6.34. The van der Waals surface area contributed by atoms with Crippen LogP contribution in [0.3, 0.4) is 0 Å². The number of nitrogens with zero attached hydrogens (tertiary/aromatic N) is 3. The predicted molar refractivity (Wildman–Crippen MR) is 201 cm³/mol. The van der Waals surface area contributed by atoms with Gasteiger partial charge in [0.25, 0.3) is 0 Å². The first kappa shape index (κ1) is 27.5. The van der Waals surface area contributed by atoms with Gasteiger partial charge in [0.15, 0.2) is 17.5 Å². The monoisotopic (exact) mass is 625 g/mol. The van der Waals surface area contributed by atoms with E-state index in [1.165, 1.54) is 32.5 Å². The molecule has 0 amide bonds. The quantitative estimate of drug-likeness (QED) is 0.183. The molecular formula is C45H27N3O. The molecule has 2 aromatic heterocycles. The zero-order chi connectivity index (χ0) is 32.3. The van der Waals surface area contributed by atoms with Crippen molar-refractivity contribution in [3.63, 3.8) is 0 Å². The van der Waals surface area contributed by atoms with E-state index in [1.807, 2.05) is 48.5 Å². The van der Waals surface area contributed by atoms with Gasteiger partial charge in [-0.1, -0.05) is 140 Å². The molecule has 0 aliphatic carbocycles. The Kier molecular flexibility index (Phi) is 6.15. The molecule has 0 saturated carbocycles. The van der Waals surface area contributed by atoms with Crippen LogP contribution in [0, 0.1) is 0 Å². The van der Waals surface area contributed by atoms with Crippen molar-refractivity contribution >= 4 is 54.3 Å². The highest BCUT2D eigenvalue weighted by Crippen LogP contribution is 2.43. The molecule has 0 fully saturated rings. The van der Waals surface area contributed by atoms with Crippen molar-refractivity contribution < 1.29 is 4.42 Å². The molecule has 0 bridgehead atoms. The first-order valence-corrected chi connectivity index (χ1v) is 16.4. The summed E-state index contributed by atoms with van der Waals surface area (Å²) in [5.41, 5.74) is 6.95. The van der Waals surface area contributed by atoms with Gasteiger partial charge in [-0.25, -0.2) is 15.0 Å². The van der Waals surface area contributed by atoms with Crippen molar-refractivity contribution in [3.05, 3.63) is 164 Å². The molecule has 4 nitrogen and oxygen atoms in total. The molecule has 0 N–H and O–H groups in total. The second kappa shape index (κ2) is 11.0. The van der Waals surface area contributed by atoms with Crippen LogP contribution in [0.2, 0.25) is 0 Å². The number of hydrogen-bond acceptors (Lipinski definition) is 4. The summed E-state index contributed by atoms with van der Waals surface area (Å²) in [5.74, 6) is 1.92. The number of furan rings is 1. The second-order valence-electron chi connectivity index (χ2n) is 12.4. The van der Waals surface area contributed by atoms with Crippen molar-refractivity contribution in [2.75, 3.05) is 0 Å². The van der Waals surface area contributed by atoms with Crippen LogP contribution in [-0.2, 0) is 0 Å². The number of hydrogen-bond donors (Lipinski definition) is 0. The van der Waals surface area contributed by atoms with Crippen molar-refractivity contribution in [1.29, 1.82) is 0 Å². The third kappa shape index (κ3) is 4.49. The third-order valence-corrected chi connectivity index (χ3v) is 9.52. The van der Waals surface area contributed by atoms with E-state index in [2.05, 4.69) is 115 Å². The van der Waals surface area contributed by atoms with Gasteiger partial charge >= 0.3 is 0 Å². The SMILES string of the molecule is c1ccc(-c2ccc(-c3nc(-c4ccccc4)nc(-c4ccc5c(c4)c4ccccc4c4c5ccc5oc6ccccc6c54)n3)cc2)cc1. The van der Waals surface area contributed by atoms with E-state index in [1.54, 1.807) is 0 Å². The molecule has 0 aliphatic rings. The maximum Gasteiger partial charge on any atom is 0.164 e. The maximum atomic E-state index is 6.30. The first-order valence-electron chi connectivity index (χ1n) is 16.4. The van der Waals surface area contributed by atoms with Gasteiger partial charge < -0.3 is 4.42 Å². The van der Waals surface area contributed by atoms with Gasteiger partial charge in [-0.15, -0.1) is 0 Å². The van der Waals surface area contributed by atoms with E-state index in [0.29, 0.717) is 17.5 Å². The summed E-state index contributed by atoms with van der Waals surface area (Å²) >= 11 is 0. The number of benzene rings is 8. The van der Waals surface area contributed by atoms with Crippen LogP contribution in [0.1, 0.15) is 0 Å². The summed E-state index contributed by atoms with van der Waals surface area (Å²) in [6, 6.07) is 56.8. The average molecular weight is 626 g/mol. The van der Waals surface area contributed by atoms with Crippen molar-refractivity contribution in [1.82, 2.24) is 15.0 Å². The average Bonchev–Trinajstić information content (AvgIpc) is 3.57. The fraction of sp³-hybridized carbons (Fsp3) is 0. The summed E-state index contributed by atoms with van der Waals surface area (Å²) in [6.45, 7) is 0. The second-order valence-corrected chi connectivity index (χ2v) is 12.4. The topological polar surface area (TPSA) is 51.8 Å². The smallest absolute Gasteiger partial charge is 0.164 e. The normalized spacial score (nSPS) is 11.7. The number of aromatic nitrogens is 3. The van der Waals surface area contributed by atoms with Crippen LogP contribution >= 0.6 is 0 Å². The molecule has 0 aliphatic heterocycles.